The molecule has 1 saturated heterocycles. The van der Waals surface area contributed by atoms with Gasteiger partial charge in [-0.05, 0) is 12.6 Å². The molecule has 1 amide bonds. The smallest absolute Gasteiger partial charge is 0.332 e. The second-order valence-corrected chi connectivity index (χ2v) is 7.26. The standard InChI is InChI=1S/C20H25F4N5O/c1-2-27-7-9-28(10-8-27)11-12-29(14-15-5-3-4-6-16(15)21)19(30)17-13-18(26-25-17)20(22,23)24/h3-6,13H,2,7-12,14H2,1H3,(H,25,26). The molecule has 1 fully saturated rings. The zero-order chi connectivity index (χ0) is 21.7. The summed E-state index contributed by atoms with van der Waals surface area (Å²) >= 11 is 0. The zero-order valence-electron chi connectivity index (χ0n) is 16.8. The first-order valence-corrected chi connectivity index (χ1v) is 9.88. The van der Waals surface area contributed by atoms with Gasteiger partial charge in [0, 0.05) is 57.4 Å². The summed E-state index contributed by atoms with van der Waals surface area (Å²) < 4.78 is 52.7. The number of nitrogens with zero attached hydrogens (tertiary/aromatic N) is 4. The number of hydrogen-bond donors (Lipinski definition) is 1. The number of amides is 1. The van der Waals surface area contributed by atoms with E-state index in [9.17, 15) is 22.4 Å². The van der Waals surface area contributed by atoms with Gasteiger partial charge >= 0.3 is 6.18 Å². The van der Waals surface area contributed by atoms with Gasteiger partial charge in [0.1, 0.15) is 11.5 Å². The van der Waals surface area contributed by atoms with Crippen molar-refractivity contribution in [3.05, 3.63) is 53.1 Å². The molecule has 2 aromatic rings. The molecule has 10 heteroatoms. The summed E-state index contributed by atoms with van der Waals surface area (Å²) in [7, 11) is 0. The first-order valence-electron chi connectivity index (χ1n) is 9.88. The van der Waals surface area contributed by atoms with E-state index in [2.05, 4.69) is 26.9 Å². The molecule has 0 spiro atoms. The van der Waals surface area contributed by atoms with Crippen molar-refractivity contribution in [3.63, 3.8) is 0 Å². The fraction of sp³-hybridized carbons (Fsp3) is 0.500. The number of alkyl halides is 3. The number of aromatic nitrogens is 2. The molecule has 0 unspecified atom stereocenters. The van der Waals surface area contributed by atoms with Crippen LogP contribution in [0.4, 0.5) is 17.6 Å². The minimum absolute atomic E-state index is 0.0409. The molecule has 0 atom stereocenters. The van der Waals surface area contributed by atoms with Crippen molar-refractivity contribution in [1.82, 2.24) is 24.9 Å². The third-order valence-corrected chi connectivity index (χ3v) is 5.30. The number of likely N-dealkylation sites (N-methyl/N-ethyl adjacent to an activating group) is 1. The van der Waals surface area contributed by atoms with Crippen LogP contribution >= 0.6 is 0 Å². The Morgan fingerprint density at radius 1 is 1.17 bits per heavy atom. The Kier molecular flexibility index (Phi) is 7.09. The van der Waals surface area contributed by atoms with E-state index in [-0.39, 0.29) is 18.8 Å². The average molecular weight is 427 g/mol. The van der Waals surface area contributed by atoms with Gasteiger partial charge < -0.3 is 9.80 Å². The molecule has 1 aliphatic heterocycles. The topological polar surface area (TPSA) is 55.5 Å². The third kappa shape index (κ3) is 5.57. The van der Waals surface area contributed by atoms with E-state index in [1.807, 2.05) is 0 Å². The second-order valence-electron chi connectivity index (χ2n) is 7.26. The van der Waals surface area contributed by atoms with E-state index in [0.29, 0.717) is 18.2 Å². The Bertz CT molecular complexity index is 846. The zero-order valence-corrected chi connectivity index (χ0v) is 16.8. The van der Waals surface area contributed by atoms with E-state index in [1.165, 1.54) is 11.0 Å². The molecule has 30 heavy (non-hydrogen) atoms. The van der Waals surface area contributed by atoms with Crippen molar-refractivity contribution in [3.8, 4) is 0 Å². The number of piperazine rings is 1. The van der Waals surface area contributed by atoms with Crippen LogP contribution in [0.1, 0.15) is 28.7 Å². The molecule has 164 valence electrons. The molecule has 2 heterocycles. The Morgan fingerprint density at radius 2 is 1.83 bits per heavy atom. The molecule has 0 saturated carbocycles. The molecule has 1 N–H and O–H groups in total. The van der Waals surface area contributed by atoms with Gasteiger partial charge in [0.05, 0.1) is 0 Å². The first-order chi connectivity index (χ1) is 14.3. The number of carbonyl (C=O) groups is 1. The second kappa shape index (κ2) is 9.57. The molecule has 0 aliphatic carbocycles. The summed E-state index contributed by atoms with van der Waals surface area (Å²) in [4.78, 5) is 18.8. The number of nitrogens with one attached hydrogen (secondary N) is 1. The summed E-state index contributed by atoms with van der Waals surface area (Å²) in [5, 5.41) is 5.36. The van der Waals surface area contributed by atoms with Crippen molar-refractivity contribution in [1.29, 1.82) is 0 Å². The Hall–Kier alpha value is -2.46. The van der Waals surface area contributed by atoms with Crippen molar-refractivity contribution in [2.75, 3.05) is 45.8 Å². The molecular weight excluding hydrogens is 402 g/mol. The van der Waals surface area contributed by atoms with Gasteiger partial charge in [0.25, 0.3) is 5.91 Å². The normalized spacial score (nSPS) is 16.0. The predicted molar refractivity (Wildman–Crippen MR) is 103 cm³/mol. The van der Waals surface area contributed by atoms with Crippen molar-refractivity contribution in [2.24, 2.45) is 0 Å². The summed E-state index contributed by atoms with van der Waals surface area (Å²) in [6, 6.07) is 6.74. The van der Waals surface area contributed by atoms with Crippen molar-refractivity contribution >= 4 is 5.91 Å². The van der Waals surface area contributed by atoms with Crippen LogP contribution in [0.15, 0.2) is 30.3 Å². The Balaban J connectivity index is 1.73. The van der Waals surface area contributed by atoms with Gasteiger partial charge in [0.2, 0.25) is 0 Å². The van der Waals surface area contributed by atoms with Gasteiger partial charge in [-0.2, -0.15) is 18.3 Å². The summed E-state index contributed by atoms with van der Waals surface area (Å²) in [5.41, 5.74) is -1.13. The van der Waals surface area contributed by atoms with E-state index in [0.717, 1.165) is 32.7 Å². The SMILES string of the molecule is CCN1CCN(CCN(Cc2ccccc2F)C(=O)c2cc(C(F)(F)F)n[nH]2)CC1. The highest BCUT2D eigenvalue weighted by atomic mass is 19.4. The Labute approximate surface area is 172 Å². The van der Waals surface area contributed by atoms with Gasteiger partial charge in [-0.3, -0.25) is 14.8 Å². The van der Waals surface area contributed by atoms with Crippen LogP contribution in [-0.4, -0.2) is 76.6 Å². The third-order valence-electron chi connectivity index (χ3n) is 5.30. The van der Waals surface area contributed by atoms with Crippen molar-refractivity contribution in [2.45, 2.75) is 19.6 Å². The van der Waals surface area contributed by atoms with E-state index < -0.39 is 23.6 Å². The molecule has 0 bridgehead atoms. The van der Waals surface area contributed by atoms with Gasteiger partial charge in [-0.15, -0.1) is 0 Å². The highest BCUT2D eigenvalue weighted by Crippen LogP contribution is 2.28. The maximum atomic E-state index is 14.1. The molecule has 1 aromatic carbocycles. The van der Waals surface area contributed by atoms with Crippen LogP contribution < -0.4 is 0 Å². The predicted octanol–water partition coefficient (Wildman–Crippen LogP) is 2.85. The lowest BCUT2D eigenvalue weighted by atomic mass is 10.2. The molecule has 1 aliphatic rings. The maximum Gasteiger partial charge on any atom is 0.435 e. The summed E-state index contributed by atoms with van der Waals surface area (Å²) in [6.07, 6.45) is -4.65. The maximum absolute atomic E-state index is 14.1. The summed E-state index contributed by atoms with van der Waals surface area (Å²) in [6.45, 7) is 7.39. The molecule has 0 radical (unpaired) electrons. The number of rotatable bonds is 7. The van der Waals surface area contributed by atoms with E-state index >= 15 is 0 Å². The number of carbonyl (C=O) groups excluding carboxylic acids is 1. The van der Waals surface area contributed by atoms with Gasteiger partial charge in [-0.25, -0.2) is 4.39 Å². The van der Waals surface area contributed by atoms with Crippen LogP contribution in [0.3, 0.4) is 0 Å². The highest BCUT2D eigenvalue weighted by Gasteiger charge is 2.35. The van der Waals surface area contributed by atoms with E-state index in [4.69, 9.17) is 0 Å². The van der Waals surface area contributed by atoms with E-state index in [1.54, 1.807) is 18.2 Å². The van der Waals surface area contributed by atoms with Crippen LogP contribution in [0.5, 0.6) is 0 Å². The minimum Gasteiger partial charge on any atom is -0.332 e. The van der Waals surface area contributed by atoms with Crippen LogP contribution in [-0.2, 0) is 12.7 Å². The lowest BCUT2D eigenvalue weighted by Crippen LogP contribution is -2.48. The number of hydrogen-bond acceptors (Lipinski definition) is 4. The number of halogens is 4. The largest absolute Gasteiger partial charge is 0.435 e. The monoisotopic (exact) mass is 427 g/mol. The number of benzene rings is 1. The van der Waals surface area contributed by atoms with Gasteiger partial charge in [0.15, 0.2) is 5.69 Å². The molecule has 6 nitrogen and oxygen atoms in total. The van der Waals surface area contributed by atoms with Gasteiger partial charge in [-0.1, -0.05) is 25.1 Å². The quantitative estimate of drug-likeness (QED) is 0.691. The van der Waals surface area contributed by atoms with Crippen molar-refractivity contribution < 1.29 is 22.4 Å². The fourth-order valence-corrected chi connectivity index (χ4v) is 3.42. The van der Waals surface area contributed by atoms with Crippen LogP contribution in [0, 0.1) is 5.82 Å². The highest BCUT2D eigenvalue weighted by molar-refractivity contribution is 5.92. The summed E-state index contributed by atoms with van der Waals surface area (Å²) in [5.74, 6) is -1.11. The fourth-order valence-electron chi connectivity index (χ4n) is 3.42. The number of H-pyrrole nitrogens is 1. The molecule has 3 rings (SSSR count). The Morgan fingerprint density at radius 3 is 2.43 bits per heavy atom. The minimum atomic E-state index is -4.65. The van der Waals surface area contributed by atoms with Crippen LogP contribution in [0.25, 0.3) is 0 Å². The molecular formula is C20H25F4N5O. The first kappa shape index (κ1) is 22.2. The lowest BCUT2D eigenvalue weighted by Gasteiger charge is -2.35. The average Bonchev–Trinajstić information content (AvgIpc) is 3.23. The number of aromatic amines is 1. The van der Waals surface area contributed by atoms with Crippen LogP contribution in [0.2, 0.25) is 0 Å². The lowest BCUT2D eigenvalue weighted by molar-refractivity contribution is -0.141. The molecule has 1 aromatic heterocycles.